The average Bonchev–Trinajstić information content (AvgIpc) is 2.40. The molecule has 0 aliphatic carbocycles. The minimum absolute atomic E-state index is 0.432. The van der Waals surface area contributed by atoms with Crippen LogP contribution in [0.3, 0.4) is 0 Å². The molecule has 2 N–H and O–H groups in total. The molecule has 1 aromatic carbocycles. The molecule has 1 unspecified atom stereocenters. The van der Waals surface area contributed by atoms with Gasteiger partial charge in [-0.15, -0.1) is 0 Å². The zero-order chi connectivity index (χ0) is 12.1. The molecule has 1 aliphatic heterocycles. The molecule has 2 rings (SSSR count). The molecule has 3 heteroatoms. The Kier molecular flexibility index (Phi) is 4.40. The Hall–Kier alpha value is -1.06. The Labute approximate surface area is 104 Å². The predicted octanol–water partition coefficient (Wildman–Crippen LogP) is 1.80. The largest absolute Gasteiger partial charge is 0.377 e. The number of hydrogen-bond acceptors (Lipinski definition) is 3. The summed E-state index contributed by atoms with van der Waals surface area (Å²) in [5.74, 6) is 0. The highest BCUT2D eigenvalue weighted by Gasteiger charge is 2.22. The molecule has 0 spiro atoms. The van der Waals surface area contributed by atoms with E-state index in [0.29, 0.717) is 6.04 Å². The molecule has 1 atom stereocenters. The van der Waals surface area contributed by atoms with Gasteiger partial charge in [0.05, 0.1) is 19.3 Å². The number of aryl methyl sites for hydroxylation is 1. The van der Waals surface area contributed by atoms with Gasteiger partial charge in [0.2, 0.25) is 0 Å². The molecule has 0 radical (unpaired) electrons. The van der Waals surface area contributed by atoms with Crippen molar-refractivity contribution in [3.63, 3.8) is 0 Å². The molecule has 0 saturated carbocycles. The number of benzene rings is 1. The highest BCUT2D eigenvalue weighted by molar-refractivity contribution is 5.49. The Morgan fingerprint density at radius 1 is 1.35 bits per heavy atom. The van der Waals surface area contributed by atoms with Gasteiger partial charge in [-0.2, -0.15) is 0 Å². The fourth-order valence-electron chi connectivity index (χ4n) is 2.35. The van der Waals surface area contributed by atoms with Crippen LogP contribution < -0.4 is 10.6 Å². The minimum atomic E-state index is 0.432. The van der Waals surface area contributed by atoms with Crippen LogP contribution in [-0.2, 0) is 11.2 Å². The monoisotopic (exact) mass is 234 g/mol. The highest BCUT2D eigenvalue weighted by atomic mass is 16.5. The van der Waals surface area contributed by atoms with E-state index in [4.69, 9.17) is 10.5 Å². The molecular formula is C14H22N2O. The first-order chi connectivity index (χ1) is 8.35. The average molecular weight is 234 g/mol. The third kappa shape index (κ3) is 2.99. The van der Waals surface area contributed by atoms with Crippen molar-refractivity contribution in [3.8, 4) is 0 Å². The van der Waals surface area contributed by atoms with Gasteiger partial charge in [0, 0.05) is 12.2 Å². The van der Waals surface area contributed by atoms with Crippen molar-refractivity contribution in [2.75, 3.05) is 31.2 Å². The van der Waals surface area contributed by atoms with Gasteiger partial charge < -0.3 is 15.4 Å². The SMILES string of the molecule is CCc1ccc(N2CCOCC2CCN)cc1. The number of nitrogens with two attached hydrogens (primary N) is 1. The van der Waals surface area contributed by atoms with E-state index in [1.54, 1.807) is 0 Å². The van der Waals surface area contributed by atoms with Crippen molar-refractivity contribution in [2.45, 2.75) is 25.8 Å². The smallest absolute Gasteiger partial charge is 0.0671 e. The summed E-state index contributed by atoms with van der Waals surface area (Å²) in [6, 6.07) is 9.29. The van der Waals surface area contributed by atoms with Crippen molar-refractivity contribution >= 4 is 5.69 Å². The molecule has 17 heavy (non-hydrogen) atoms. The second-order valence-corrected chi connectivity index (χ2v) is 4.52. The normalized spacial score (nSPS) is 20.6. The summed E-state index contributed by atoms with van der Waals surface area (Å²) in [4.78, 5) is 2.43. The molecule has 0 aromatic heterocycles. The van der Waals surface area contributed by atoms with Crippen molar-refractivity contribution in [1.82, 2.24) is 0 Å². The van der Waals surface area contributed by atoms with Gasteiger partial charge in [0.15, 0.2) is 0 Å². The fourth-order valence-corrected chi connectivity index (χ4v) is 2.35. The van der Waals surface area contributed by atoms with Gasteiger partial charge in [-0.1, -0.05) is 19.1 Å². The topological polar surface area (TPSA) is 38.5 Å². The van der Waals surface area contributed by atoms with E-state index in [0.717, 1.165) is 39.1 Å². The van der Waals surface area contributed by atoms with Crippen molar-refractivity contribution in [3.05, 3.63) is 29.8 Å². The number of rotatable bonds is 4. The third-order valence-corrected chi connectivity index (χ3v) is 3.40. The predicted molar refractivity (Wildman–Crippen MR) is 71.4 cm³/mol. The molecule has 1 aromatic rings. The molecule has 3 nitrogen and oxygen atoms in total. The quantitative estimate of drug-likeness (QED) is 0.863. The number of nitrogens with zero attached hydrogens (tertiary/aromatic N) is 1. The van der Waals surface area contributed by atoms with Crippen LogP contribution in [0.1, 0.15) is 18.9 Å². The second kappa shape index (κ2) is 6.03. The van der Waals surface area contributed by atoms with E-state index in [1.165, 1.54) is 11.3 Å². The highest BCUT2D eigenvalue weighted by Crippen LogP contribution is 2.21. The van der Waals surface area contributed by atoms with Gasteiger partial charge >= 0.3 is 0 Å². The Morgan fingerprint density at radius 2 is 2.12 bits per heavy atom. The van der Waals surface area contributed by atoms with E-state index in [9.17, 15) is 0 Å². The molecule has 1 aliphatic rings. The molecule has 1 fully saturated rings. The van der Waals surface area contributed by atoms with Crippen LogP contribution >= 0.6 is 0 Å². The maximum absolute atomic E-state index is 5.66. The van der Waals surface area contributed by atoms with Crippen LogP contribution in [0.2, 0.25) is 0 Å². The van der Waals surface area contributed by atoms with Gasteiger partial charge in [0.1, 0.15) is 0 Å². The van der Waals surface area contributed by atoms with Crippen LogP contribution in [0, 0.1) is 0 Å². The lowest BCUT2D eigenvalue weighted by atomic mass is 10.1. The van der Waals surface area contributed by atoms with Crippen molar-refractivity contribution in [2.24, 2.45) is 5.73 Å². The van der Waals surface area contributed by atoms with E-state index < -0.39 is 0 Å². The maximum atomic E-state index is 5.66. The standard InChI is InChI=1S/C14H22N2O/c1-2-12-3-5-13(6-4-12)16-9-10-17-11-14(16)7-8-15/h3-6,14H,2,7-11,15H2,1H3. The van der Waals surface area contributed by atoms with Crippen LogP contribution in [0.4, 0.5) is 5.69 Å². The van der Waals surface area contributed by atoms with Gasteiger partial charge in [0.25, 0.3) is 0 Å². The Bertz CT molecular complexity index is 335. The summed E-state index contributed by atoms with van der Waals surface area (Å²) >= 11 is 0. The van der Waals surface area contributed by atoms with Crippen molar-refractivity contribution in [1.29, 1.82) is 0 Å². The third-order valence-electron chi connectivity index (χ3n) is 3.40. The van der Waals surface area contributed by atoms with Gasteiger partial charge in [-0.3, -0.25) is 0 Å². The van der Waals surface area contributed by atoms with Gasteiger partial charge in [-0.25, -0.2) is 0 Å². The maximum Gasteiger partial charge on any atom is 0.0671 e. The van der Waals surface area contributed by atoms with E-state index in [1.807, 2.05) is 0 Å². The van der Waals surface area contributed by atoms with Crippen molar-refractivity contribution < 1.29 is 4.74 Å². The lowest BCUT2D eigenvalue weighted by molar-refractivity contribution is 0.0922. The number of anilines is 1. The second-order valence-electron chi connectivity index (χ2n) is 4.52. The zero-order valence-electron chi connectivity index (χ0n) is 10.6. The van der Waals surface area contributed by atoms with E-state index in [-0.39, 0.29) is 0 Å². The molecule has 0 bridgehead atoms. The summed E-state index contributed by atoms with van der Waals surface area (Å²) < 4.78 is 5.53. The Morgan fingerprint density at radius 3 is 2.76 bits per heavy atom. The first kappa shape index (κ1) is 12.4. The molecule has 94 valence electrons. The first-order valence-electron chi connectivity index (χ1n) is 6.48. The van der Waals surface area contributed by atoms with Crippen LogP contribution in [0.25, 0.3) is 0 Å². The Balaban J connectivity index is 2.11. The molecule has 1 heterocycles. The lowest BCUT2D eigenvalue weighted by Crippen LogP contribution is -2.46. The van der Waals surface area contributed by atoms with E-state index >= 15 is 0 Å². The molecule has 0 amide bonds. The molecular weight excluding hydrogens is 212 g/mol. The fraction of sp³-hybridized carbons (Fsp3) is 0.571. The van der Waals surface area contributed by atoms with Crippen LogP contribution in [-0.4, -0.2) is 32.3 Å². The summed E-state index contributed by atoms with van der Waals surface area (Å²) in [5.41, 5.74) is 8.34. The zero-order valence-corrected chi connectivity index (χ0v) is 10.6. The number of hydrogen-bond donors (Lipinski definition) is 1. The summed E-state index contributed by atoms with van der Waals surface area (Å²) in [7, 11) is 0. The summed E-state index contributed by atoms with van der Waals surface area (Å²) in [6.45, 7) is 5.48. The summed E-state index contributed by atoms with van der Waals surface area (Å²) in [6.07, 6.45) is 2.09. The van der Waals surface area contributed by atoms with Crippen LogP contribution in [0.15, 0.2) is 24.3 Å². The van der Waals surface area contributed by atoms with E-state index in [2.05, 4.69) is 36.1 Å². The number of morpholine rings is 1. The number of ether oxygens (including phenoxy) is 1. The summed E-state index contributed by atoms with van der Waals surface area (Å²) in [5, 5.41) is 0. The lowest BCUT2D eigenvalue weighted by Gasteiger charge is -2.37. The van der Waals surface area contributed by atoms with Gasteiger partial charge in [-0.05, 0) is 37.1 Å². The van der Waals surface area contributed by atoms with Crippen LogP contribution in [0.5, 0.6) is 0 Å². The minimum Gasteiger partial charge on any atom is -0.377 e. The molecule has 1 saturated heterocycles. The first-order valence-corrected chi connectivity index (χ1v) is 6.48.